The molecule has 0 unspecified atom stereocenters. The average Bonchev–Trinajstić information content (AvgIpc) is 3.09. The Labute approximate surface area is 152 Å². The molecule has 0 aliphatic rings. The summed E-state index contributed by atoms with van der Waals surface area (Å²) in [5.74, 6) is 0.759. The van der Waals surface area contributed by atoms with E-state index in [4.69, 9.17) is 4.74 Å². The monoisotopic (exact) mass is 363 g/mol. The third-order valence-corrected chi connectivity index (χ3v) is 6.07. The summed E-state index contributed by atoms with van der Waals surface area (Å²) in [4.78, 5) is 0.266. The Morgan fingerprint density at radius 3 is 2.15 bits per heavy atom. The first-order valence-corrected chi connectivity index (χ1v) is 9.60. The lowest BCUT2D eigenvalue weighted by Crippen LogP contribution is -2.11. The van der Waals surface area contributed by atoms with Gasteiger partial charge in [0.25, 0.3) is 10.0 Å². The molecule has 0 atom stereocenters. The molecule has 26 heavy (non-hydrogen) atoms. The first-order valence-electron chi connectivity index (χ1n) is 8.16. The van der Waals surface area contributed by atoms with Crippen LogP contribution in [-0.4, -0.2) is 19.5 Å². The Morgan fingerprint density at radius 1 is 0.808 bits per heavy atom. The van der Waals surface area contributed by atoms with Crippen molar-refractivity contribution in [3.63, 3.8) is 0 Å². The largest absolute Gasteiger partial charge is 0.497 e. The Balaban J connectivity index is 1.95. The number of nitrogens with zero attached hydrogens (tertiary/aromatic N) is 1. The van der Waals surface area contributed by atoms with Crippen molar-refractivity contribution >= 4 is 20.9 Å². The summed E-state index contributed by atoms with van der Waals surface area (Å²) in [6.45, 7) is 0. The van der Waals surface area contributed by atoms with E-state index in [1.54, 1.807) is 43.6 Å². The molecule has 0 aliphatic carbocycles. The minimum atomic E-state index is -3.67. The van der Waals surface area contributed by atoms with Crippen LogP contribution in [0.1, 0.15) is 0 Å². The molecule has 4 aromatic rings. The lowest BCUT2D eigenvalue weighted by Gasteiger charge is -2.07. The van der Waals surface area contributed by atoms with E-state index in [9.17, 15) is 8.42 Å². The summed E-state index contributed by atoms with van der Waals surface area (Å²) in [7, 11) is -2.06. The van der Waals surface area contributed by atoms with Gasteiger partial charge in [-0.15, -0.1) is 0 Å². The van der Waals surface area contributed by atoms with E-state index < -0.39 is 10.0 Å². The fourth-order valence-corrected chi connectivity index (χ4v) is 4.45. The molecule has 5 heteroatoms. The molecule has 1 heterocycles. The number of ether oxygens (including phenoxy) is 1. The number of rotatable bonds is 4. The first-order chi connectivity index (χ1) is 12.6. The third-order valence-electron chi connectivity index (χ3n) is 4.38. The Kier molecular flexibility index (Phi) is 4.01. The predicted octanol–water partition coefficient (Wildman–Crippen LogP) is 4.55. The van der Waals surface area contributed by atoms with Crippen molar-refractivity contribution in [1.29, 1.82) is 0 Å². The zero-order valence-corrected chi connectivity index (χ0v) is 15.0. The van der Waals surface area contributed by atoms with Crippen LogP contribution in [0.3, 0.4) is 0 Å². The molecule has 0 saturated carbocycles. The summed E-state index contributed by atoms with van der Waals surface area (Å²) in [6, 6.07) is 23.6. The van der Waals surface area contributed by atoms with Gasteiger partial charge in [0, 0.05) is 17.1 Å². The van der Waals surface area contributed by atoms with Crippen molar-refractivity contribution in [2.75, 3.05) is 7.11 Å². The van der Waals surface area contributed by atoms with E-state index in [1.165, 1.54) is 3.97 Å². The molecule has 0 N–H and O–H groups in total. The molecule has 0 aliphatic heterocycles. The number of para-hydroxylation sites is 1. The molecule has 0 spiro atoms. The van der Waals surface area contributed by atoms with Gasteiger partial charge in [-0.2, -0.15) is 0 Å². The van der Waals surface area contributed by atoms with Gasteiger partial charge < -0.3 is 4.74 Å². The summed E-state index contributed by atoms with van der Waals surface area (Å²) in [5, 5.41) is 0.886. The van der Waals surface area contributed by atoms with Gasteiger partial charge in [0.15, 0.2) is 0 Å². The van der Waals surface area contributed by atoms with Gasteiger partial charge in [-0.25, -0.2) is 12.4 Å². The highest BCUT2D eigenvalue weighted by Gasteiger charge is 2.21. The number of hydrogen-bond acceptors (Lipinski definition) is 3. The minimum absolute atomic E-state index is 0.266. The van der Waals surface area contributed by atoms with Gasteiger partial charge in [0.05, 0.1) is 17.5 Å². The van der Waals surface area contributed by atoms with Gasteiger partial charge in [-0.1, -0.05) is 48.5 Å². The number of aromatic nitrogens is 1. The van der Waals surface area contributed by atoms with Gasteiger partial charge in [0.1, 0.15) is 5.75 Å². The van der Waals surface area contributed by atoms with Crippen LogP contribution < -0.4 is 4.74 Å². The van der Waals surface area contributed by atoms with Crippen LogP contribution in [-0.2, 0) is 10.0 Å². The van der Waals surface area contributed by atoms with E-state index in [0.717, 1.165) is 22.3 Å². The molecule has 130 valence electrons. The first kappa shape index (κ1) is 16.4. The maximum absolute atomic E-state index is 13.1. The second-order valence-corrected chi connectivity index (χ2v) is 7.72. The summed E-state index contributed by atoms with van der Waals surface area (Å²) < 4.78 is 32.8. The molecule has 4 nitrogen and oxygen atoms in total. The van der Waals surface area contributed by atoms with Crippen LogP contribution in [0.5, 0.6) is 5.75 Å². The zero-order valence-electron chi connectivity index (χ0n) is 14.2. The van der Waals surface area contributed by atoms with E-state index in [1.807, 2.05) is 48.5 Å². The fraction of sp³-hybridized carbons (Fsp3) is 0.0476. The topological polar surface area (TPSA) is 48.3 Å². The van der Waals surface area contributed by atoms with Gasteiger partial charge in [-0.3, -0.25) is 0 Å². The van der Waals surface area contributed by atoms with Crippen LogP contribution in [0.2, 0.25) is 0 Å². The predicted molar refractivity (Wildman–Crippen MR) is 103 cm³/mol. The number of methoxy groups -OCH3 is 1. The average molecular weight is 363 g/mol. The molecule has 1 aromatic heterocycles. The quantitative estimate of drug-likeness (QED) is 0.534. The lowest BCUT2D eigenvalue weighted by molar-refractivity contribution is 0.415. The van der Waals surface area contributed by atoms with Gasteiger partial charge >= 0.3 is 0 Å². The molecule has 4 rings (SSSR count). The standard InChI is InChI=1S/C21H17NO3S/c1-25-17-13-11-16(12-14-17)20-15-22(21-10-6-5-9-19(20)21)26(23,24)18-7-3-2-4-8-18/h2-15H,1H3. The molecular formula is C21H17NO3S. The van der Waals surface area contributed by atoms with Crippen molar-refractivity contribution in [2.45, 2.75) is 4.90 Å². The van der Waals surface area contributed by atoms with Gasteiger partial charge in [0.2, 0.25) is 0 Å². The van der Waals surface area contributed by atoms with Crippen LogP contribution in [0.15, 0.2) is 90.0 Å². The van der Waals surface area contributed by atoms with Crippen LogP contribution in [0, 0.1) is 0 Å². The second kappa shape index (κ2) is 6.35. The molecule has 0 fully saturated rings. The normalized spacial score (nSPS) is 11.6. The summed E-state index contributed by atoms with van der Waals surface area (Å²) in [6.07, 6.45) is 1.69. The van der Waals surface area contributed by atoms with Crippen LogP contribution in [0.25, 0.3) is 22.0 Å². The molecule has 0 bridgehead atoms. The Bertz CT molecular complexity index is 1160. The molecule has 0 saturated heterocycles. The highest BCUT2D eigenvalue weighted by molar-refractivity contribution is 7.90. The molecule has 0 radical (unpaired) electrons. The van der Waals surface area contributed by atoms with Crippen molar-refractivity contribution in [1.82, 2.24) is 3.97 Å². The van der Waals surface area contributed by atoms with Crippen LogP contribution in [0.4, 0.5) is 0 Å². The molecule has 3 aromatic carbocycles. The maximum atomic E-state index is 13.1. The number of fused-ring (bicyclic) bond motifs is 1. The van der Waals surface area contributed by atoms with E-state index >= 15 is 0 Å². The molecular weight excluding hydrogens is 346 g/mol. The highest BCUT2D eigenvalue weighted by atomic mass is 32.2. The number of benzene rings is 3. The number of hydrogen-bond donors (Lipinski definition) is 0. The van der Waals surface area contributed by atoms with E-state index in [2.05, 4.69) is 0 Å². The van der Waals surface area contributed by atoms with Crippen LogP contribution >= 0.6 is 0 Å². The Morgan fingerprint density at radius 2 is 1.46 bits per heavy atom. The SMILES string of the molecule is COc1ccc(-c2cn(S(=O)(=O)c3ccccc3)c3ccccc23)cc1. The fourth-order valence-electron chi connectivity index (χ4n) is 3.06. The minimum Gasteiger partial charge on any atom is -0.497 e. The summed E-state index contributed by atoms with van der Waals surface area (Å²) >= 11 is 0. The van der Waals surface area contributed by atoms with E-state index in [0.29, 0.717) is 5.52 Å². The highest BCUT2D eigenvalue weighted by Crippen LogP contribution is 2.33. The molecule has 0 amide bonds. The van der Waals surface area contributed by atoms with E-state index in [-0.39, 0.29) is 4.90 Å². The zero-order chi connectivity index (χ0) is 18.1. The van der Waals surface area contributed by atoms with Gasteiger partial charge in [-0.05, 0) is 35.9 Å². The van der Waals surface area contributed by atoms with Crippen molar-refractivity contribution in [3.05, 3.63) is 85.1 Å². The van der Waals surface area contributed by atoms with Crippen molar-refractivity contribution in [2.24, 2.45) is 0 Å². The van der Waals surface area contributed by atoms with Crippen molar-refractivity contribution < 1.29 is 13.2 Å². The lowest BCUT2D eigenvalue weighted by atomic mass is 10.0. The third kappa shape index (κ3) is 2.66. The smallest absolute Gasteiger partial charge is 0.268 e. The second-order valence-electron chi connectivity index (χ2n) is 5.90. The Hall–Kier alpha value is -3.05. The van der Waals surface area contributed by atoms with Crippen molar-refractivity contribution in [3.8, 4) is 16.9 Å². The summed E-state index contributed by atoms with van der Waals surface area (Å²) in [5.41, 5.74) is 2.45. The maximum Gasteiger partial charge on any atom is 0.268 e.